The third-order valence-electron chi connectivity index (χ3n) is 4.07. The van der Waals surface area contributed by atoms with Crippen molar-refractivity contribution in [2.24, 2.45) is 4.99 Å². The van der Waals surface area contributed by atoms with Crippen molar-refractivity contribution in [1.82, 2.24) is 10.6 Å². The molecule has 2 rings (SSSR count). The van der Waals surface area contributed by atoms with Gasteiger partial charge in [0.05, 0.1) is 11.5 Å². The molecule has 0 spiro atoms. The lowest BCUT2D eigenvalue weighted by Crippen LogP contribution is -2.42. The molecule has 0 aromatic heterocycles. The van der Waals surface area contributed by atoms with Crippen LogP contribution in [0, 0.1) is 0 Å². The topological polar surface area (TPSA) is 70.6 Å². The molecule has 1 aliphatic carbocycles. The quantitative estimate of drug-likeness (QED) is 0.454. The molecule has 5 nitrogen and oxygen atoms in total. The molecular formula is C17H27N3O2S. The van der Waals surface area contributed by atoms with Crippen molar-refractivity contribution in [1.29, 1.82) is 0 Å². The second kappa shape index (κ2) is 8.91. The second-order valence-corrected chi connectivity index (χ2v) is 8.24. The molecule has 0 bridgehead atoms. The van der Waals surface area contributed by atoms with E-state index in [1.54, 1.807) is 7.05 Å². The van der Waals surface area contributed by atoms with Crippen LogP contribution in [0.5, 0.6) is 0 Å². The highest BCUT2D eigenvalue weighted by Crippen LogP contribution is 2.17. The van der Waals surface area contributed by atoms with Gasteiger partial charge in [-0.1, -0.05) is 43.2 Å². The van der Waals surface area contributed by atoms with Crippen LogP contribution in [-0.2, 0) is 15.6 Å². The highest BCUT2D eigenvalue weighted by Gasteiger charge is 2.16. The van der Waals surface area contributed by atoms with Gasteiger partial charge in [-0.2, -0.15) is 0 Å². The van der Waals surface area contributed by atoms with Gasteiger partial charge in [-0.25, -0.2) is 8.42 Å². The lowest BCUT2D eigenvalue weighted by Gasteiger charge is -2.16. The third-order valence-corrected chi connectivity index (χ3v) is 5.76. The Morgan fingerprint density at radius 1 is 1.22 bits per heavy atom. The van der Waals surface area contributed by atoms with Crippen molar-refractivity contribution < 1.29 is 8.42 Å². The summed E-state index contributed by atoms with van der Waals surface area (Å²) in [4.78, 5) is 4.20. The largest absolute Gasteiger partial charge is 0.356 e. The van der Waals surface area contributed by atoms with Crippen LogP contribution in [0.2, 0.25) is 0 Å². The van der Waals surface area contributed by atoms with E-state index >= 15 is 0 Å². The predicted molar refractivity (Wildman–Crippen MR) is 95.3 cm³/mol. The van der Waals surface area contributed by atoms with Gasteiger partial charge in [-0.3, -0.25) is 4.99 Å². The molecule has 0 unspecified atom stereocenters. The van der Waals surface area contributed by atoms with E-state index in [1.165, 1.54) is 25.7 Å². The van der Waals surface area contributed by atoms with Crippen LogP contribution in [0.25, 0.3) is 0 Å². The van der Waals surface area contributed by atoms with Crippen molar-refractivity contribution >= 4 is 15.8 Å². The first-order chi connectivity index (χ1) is 11.1. The minimum Gasteiger partial charge on any atom is -0.356 e. The predicted octanol–water partition coefficient (Wildman–Crippen LogP) is 2.10. The van der Waals surface area contributed by atoms with E-state index < -0.39 is 9.84 Å². The van der Waals surface area contributed by atoms with Gasteiger partial charge in [-0.15, -0.1) is 0 Å². The molecule has 6 heteroatoms. The Hall–Kier alpha value is -1.56. The van der Waals surface area contributed by atoms with E-state index in [0.29, 0.717) is 19.0 Å². The Bertz CT molecular complexity index is 594. The molecule has 1 fully saturated rings. The van der Waals surface area contributed by atoms with E-state index in [2.05, 4.69) is 15.6 Å². The summed E-state index contributed by atoms with van der Waals surface area (Å²) in [5, 5.41) is 6.60. The fraction of sp³-hybridized carbons (Fsp3) is 0.588. The number of nitrogens with one attached hydrogen (secondary N) is 2. The zero-order valence-electron chi connectivity index (χ0n) is 13.8. The fourth-order valence-corrected chi connectivity index (χ4v) is 4.29. The first kappa shape index (κ1) is 17.8. The number of sulfone groups is 1. The summed E-state index contributed by atoms with van der Waals surface area (Å²) in [6.07, 6.45) is 5.50. The van der Waals surface area contributed by atoms with Gasteiger partial charge in [-0.05, 0) is 24.8 Å². The lowest BCUT2D eigenvalue weighted by molar-refractivity contribution is 0.589. The molecule has 1 aromatic rings. The molecule has 1 aliphatic rings. The van der Waals surface area contributed by atoms with Crippen LogP contribution in [0.3, 0.4) is 0 Å². The lowest BCUT2D eigenvalue weighted by atomic mass is 10.2. The van der Waals surface area contributed by atoms with E-state index in [9.17, 15) is 8.42 Å². The fourth-order valence-electron chi connectivity index (χ4n) is 2.86. The molecule has 2 N–H and O–H groups in total. The van der Waals surface area contributed by atoms with Crippen LogP contribution in [0.15, 0.2) is 35.3 Å². The van der Waals surface area contributed by atoms with Crippen LogP contribution >= 0.6 is 0 Å². The average Bonchev–Trinajstić information content (AvgIpc) is 3.04. The van der Waals surface area contributed by atoms with Gasteiger partial charge >= 0.3 is 0 Å². The van der Waals surface area contributed by atoms with E-state index in [1.807, 2.05) is 30.3 Å². The standard InChI is InChI=1S/C17H27N3O2S/c1-18-17(20-16-10-5-6-11-16)19-12-7-13-23(21,22)14-15-8-3-2-4-9-15/h2-4,8-9,16H,5-7,10-14H2,1H3,(H2,18,19,20). The normalized spacial score (nSPS) is 16.5. The molecular weight excluding hydrogens is 310 g/mol. The summed E-state index contributed by atoms with van der Waals surface area (Å²) < 4.78 is 24.2. The minimum atomic E-state index is -3.06. The van der Waals surface area contributed by atoms with Gasteiger partial charge in [0.2, 0.25) is 0 Å². The van der Waals surface area contributed by atoms with Gasteiger partial charge in [0, 0.05) is 19.6 Å². The molecule has 0 atom stereocenters. The summed E-state index contributed by atoms with van der Waals surface area (Å²) in [6.45, 7) is 0.612. The summed E-state index contributed by atoms with van der Waals surface area (Å²) in [5.41, 5.74) is 0.846. The molecule has 0 heterocycles. The van der Waals surface area contributed by atoms with Gasteiger partial charge < -0.3 is 10.6 Å². The average molecular weight is 337 g/mol. The summed E-state index contributed by atoms with van der Waals surface area (Å²) in [7, 11) is -1.32. The van der Waals surface area contributed by atoms with Gasteiger partial charge in [0.1, 0.15) is 0 Å². The highest BCUT2D eigenvalue weighted by molar-refractivity contribution is 7.90. The Morgan fingerprint density at radius 2 is 1.91 bits per heavy atom. The Balaban J connectivity index is 1.69. The van der Waals surface area contributed by atoms with E-state index in [-0.39, 0.29) is 11.5 Å². The van der Waals surface area contributed by atoms with Crippen molar-refractivity contribution in [3.63, 3.8) is 0 Å². The maximum Gasteiger partial charge on any atom is 0.191 e. The number of rotatable bonds is 7. The smallest absolute Gasteiger partial charge is 0.191 e. The number of hydrogen-bond donors (Lipinski definition) is 2. The molecule has 0 saturated heterocycles. The van der Waals surface area contributed by atoms with Crippen LogP contribution in [0.1, 0.15) is 37.7 Å². The first-order valence-corrected chi connectivity index (χ1v) is 10.1. The molecule has 23 heavy (non-hydrogen) atoms. The Labute approximate surface area is 139 Å². The van der Waals surface area contributed by atoms with Crippen molar-refractivity contribution in [2.75, 3.05) is 19.3 Å². The molecule has 1 saturated carbocycles. The SMILES string of the molecule is CN=C(NCCCS(=O)(=O)Cc1ccccc1)NC1CCCC1. The van der Waals surface area contributed by atoms with Gasteiger partial charge in [0.15, 0.2) is 15.8 Å². The first-order valence-electron chi connectivity index (χ1n) is 8.30. The Morgan fingerprint density at radius 3 is 2.57 bits per heavy atom. The molecule has 0 radical (unpaired) electrons. The van der Waals surface area contributed by atoms with Crippen LogP contribution < -0.4 is 10.6 Å². The number of benzene rings is 1. The van der Waals surface area contributed by atoms with E-state index in [0.717, 1.165) is 11.5 Å². The summed E-state index contributed by atoms with van der Waals surface area (Å²) in [5.74, 6) is 1.08. The molecule has 0 amide bonds. The molecule has 0 aliphatic heterocycles. The zero-order valence-corrected chi connectivity index (χ0v) is 14.6. The van der Waals surface area contributed by atoms with Crippen LogP contribution in [0.4, 0.5) is 0 Å². The number of guanidine groups is 1. The highest BCUT2D eigenvalue weighted by atomic mass is 32.2. The van der Waals surface area contributed by atoms with Crippen molar-refractivity contribution in [3.8, 4) is 0 Å². The zero-order chi connectivity index (χ0) is 16.5. The third kappa shape index (κ3) is 6.60. The maximum atomic E-state index is 12.1. The summed E-state index contributed by atoms with van der Waals surface area (Å²) >= 11 is 0. The molecule has 1 aromatic carbocycles. The second-order valence-electron chi connectivity index (χ2n) is 6.06. The number of aliphatic imine (C=N–C) groups is 1. The molecule has 128 valence electrons. The van der Waals surface area contributed by atoms with Gasteiger partial charge in [0.25, 0.3) is 0 Å². The minimum absolute atomic E-state index is 0.114. The maximum absolute atomic E-state index is 12.1. The van der Waals surface area contributed by atoms with E-state index in [4.69, 9.17) is 0 Å². The van der Waals surface area contributed by atoms with Crippen molar-refractivity contribution in [3.05, 3.63) is 35.9 Å². The number of nitrogens with zero attached hydrogens (tertiary/aromatic N) is 1. The number of hydrogen-bond acceptors (Lipinski definition) is 3. The van der Waals surface area contributed by atoms with Crippen molar-refractivity contribution in [2.45, 2.75) is 43.9 Å². The van der Waals surface area contributed by atoms with Crippen LogP contribution in [-0.4, -0.2) is 39.8 Å². The summed E-state index contributed by atoms with van der Waals surface area (Å²) in [6, 6.07) is 9.83. The monoisotopic (exact) mass is 337 g/mol. The Kier molecular flexibility index (Phi) is 6.89.